The lowest BCUT2D eigenvalue weighted by Crippen LogP contribution is -2.25. The standard InChI is InChI=1S/C25H22IN3O3/c1-31-22-7-4-8-23(32-2)24(22)18-9-11-20(12-10-18)29-16-27-15-21(29)25(30)28-14-17-5-3-6-19(26)13-17/h3-13,15-16H,14H2,1-2H3,(H,28,30). The van der Waals surface area contributed by atoms with Gasteiger partial charge in [-0.25, -0.2) is 4.98 Å². The summed E-state index contributed by atoms with van der Waals surface area (Å²) in [6.07, 6.45) is 3.21. The molecule has 162 valence electrons. The summed E-state index contributed by atoms with van der Waals surface area (Å²) < 4.78 is 13.9. The molecule has 0 unspecified atom stereocenters. The molecule has 0 radical (unpaired) electrons. The van der Waals surface area contributed by atoms with Gasteiger partial charge in [0, 0.05) is 15.8 Å². The third-order valence-corrected chi connectivity index (χ3v) is 5.75. The predicted octanol–water partition coefficient (Wildman–Crippen LogP) is 5.09. The first-order chi connectivity index (χ1) is 15.6. The van der Waals surface area contributed by atoms with Crippen LogP contribution in [0.1, 0.15) is 16.1 Å². The first-order valence-corrected chi connectivity index (χ1v) is 11.1. The second-order valence-electron chi connectivity index (χ2n) is 7.05. The van der Waals surface area contributed by atoms with Crippen molar-refractivity contribution in [3.8, 4) is 28.3 Å². The lowest BCUT2D eigenvalue weighted by atomic mass is 10.0. The molecule has 0 saturated heterocycles. The number of carbonyl (C=O) groups excluding carboxylic acids is 1. The van der Waals surface area contributed by atoms with E-state index >= 15 is 0 Å². The topological polar surface area (TPSA) is 65.4 Å². The van der Waals surface area contributed by atoms with Crippen LogP contribution >= 0.6 is 22.6 Å². The van der Waals surface area contributed by atoms with Crippen LogP contribution in [0.2, 0.25) is 0 Å². The lowest BCUT2D eigenvalue weighted by molar-refractivity contribution is 0.0944. The Kier molecular flexibility index (Phi) is 6.75. The van der Waals surface area contributed by atoms with Crippen LogP contribution in [0, 0.1) is 3.57 Å². The van der Waals surface area contributed by atoms with Crippen LogP contribution in [0.3, 0.4) is 0 Å². The largest absolute Gasteiger partial charge is 0.496 e. The number of hydrogen-bond donors (Lipinski definition) is 1. The van der Waals surface area contributed by atoms with Gasteiger partial charge in [0.1, 0.15) is 17.2 Å². The Morgan fingerprint density at radius 1 is 1.00 bits per heavy atom. The van der Waals surface area contributed by atoms with Gasteiger partial charge in [-0.3, -0.25) is 9.36 Å². The van der Waals surface area contributed by atoms with E-state index in [0.29, 0.717) is 12.2 Å². The van der Waals surface area contributed by atoms with Crippen molar-refractivity contribution in [2.24, 2.45) is 0 Å². The molecule has 0 spiro atoms. The highest BCUT2D eigenvalue weighted by Crippen LogP contribution is 2.38. The van der Waals surface area contributed by atoms with Gasteiger partial charge in [0.05, 0.1) is 32.3 Å². The lowest BCUT2D eigenvalue weighted by Gasteiger charge is -2.14. The summed E-state index contributed by atoms with van der Waals surface area (Å²) in [5, 5.41) is 2.97. The molecule has 3 aromatic carbocycles. The zero-order chi connectivity index (χ0) is 22.5. The first kappa shape index (κ1) is 21.9. The summed E-state index contributed by atoms with van der Waals surface area (Å²) in [6.45, 7) is 0.452. The molecule has 32 heavy (non-hydrogen) atoms. The number of ether oxygens (including phenoxy) is 2. The number of hydrogen-bond acceptors (Lipinski definition) is 4. The molecular weight excluding hydrogens is 517 g/mol. The van der Waals surface area contributed by atoms with Crippen LogP contribution in [-0.2, 0) is 6.54 Å². The molecule has 0 atom stereocenters. The van der Waals surface area contributed by atoms with Crippen LogP contribution in [-0.4, -0.2) is 29.7 Å². The number of rotatable bonds is 7. The molecule has 0 aliphatic carbocycles. The second kappa shape index (κ2) is 9.86. The molecule has 4 aromatic rings. The molecule has 1 amide bonds. The fourth-order valence-corrected chi connectivity index (χ4v) is 4.12. The van der Waals surface area contributed by atoms with Crippen molar-refractivity contribution in [2.75, 3.05) is 14.2 Å². The molecular formula is C25H22IN3O3. The van der Waals surface area contributed by atoms with Gasteiger partial charge < -0.3 is 14.8 Å². The Morgan fingerprint density at radius 3 is 2.34 bits per heavy atom. The number of amides is 1. The molecule has 0 bridgehead atoms. The Hall–Kier alpha value is -3.33. The number of halogens is 1. The maximum Gasteiger partial charge on any atom is 0.270 e. The van der Waals surface area contributed by atoms with Gasteiger partial charge in [0.2, 0.25) is 0 Å². The van der Waals surface area contributed by atoms with Crippen molar-refractivity contribution >= 4 is 28.5 Å². The average Bonchev–Trinajstić information content (AvgIpc) is 3.32. The first-order valence-electron chi connectivity index (χ1n) is 9.97. The van der Waals surface area contributed by atoms with Gasteiger partial charge in [0.15, 0.2) is 0 Å². The van der Waals surface area contributed by atoms with Crippen molar-refractivity contribution in [3.05, 3.63) is 94.1 Å². The van der Waals surface area contributed by atoms with Crippen LogP contribution < -0.4 is 14.8 Å². The average molecular weight is 539 g/mol. The molecule has 1 aromatic heterocycles. The van der Waals surface area contributed by atoms with Gasteiger partial charge >= 0.3 is 0 Å². The maximum absolute atomic E-state index is 12.8. The Balaban J connectivity index is 1.57. The van der Waals surface area contributed by atoms with Crippen molar-refractivity contribution in [1.29, 1.82) is 0 Å². The van der Waals surface area contributed by atoms with E-state index in [9.17, 15) is 4.79 Å². The minimum Gasteiger partial charge on any atom is -0.496 e. The van der Waals surface area contributed by atoms with Gasteiger partial charge in [-0.2, -0.15) is 0 Å². The van der Waals surface area contributed by atoms with Gasteiger partial charge in [-0.05, 0) is 70.1 Å². The summed E-state index contributed by atoms with van der Waals surface area (Å²) >= 11 is 2.26. The van der Waals surface area contributed by atoms with Crippen molar-refractivity contribution in [2.45, 2.75) is 6.54 Å². The number of benzene rings is 3. The quantitative estimate of drug-likeness (QED) is 0.333. The number of nitrogens with one attached hydrogen (secondary N) is 1. The highest BCUT2D eigenvalue weighted by Gasteiger charge is 2.15. The monoisotopic (exact) mass is 539 g/mol. The fourth-order valence-electron chi connectivity index (χ4n) is 3.51. The van der Waals surface area contributed by atoms with E-state index < -0.39 is 0 Å². The Bertz CT molecular complexity index is 1210. The van der Waals surface area contributed by atoms with Crippen molar-refractivity contribution in [1.82, 2.24) is 14.9 Å². The molecule has 6 nitrogen and oxygen atoms in total. The number of methoxy groups -OCH3 is 2. The van der Waals surface area contributed by atoms with E-state index in [4.69, 9.17) is 9.47 Å². The van der Waals surface area contributed by atoms with Crippen molar-refractivity contribution in [3.63, 3.8) is 0 Å². The summed E-state index contributed by atoms with van der Waals surface area (Å²) in [5.74, 6) is 1.28. The molecule has 0 aliphatic rings. The summed E-state index contributed by atoms with van der Waals surface area (Å²) in [5.41, 5.74) is 4.18. The van der Waals surface area contributed by atoms with Gasteiger partial charge in [-0.15, -0.1) is 0 Å². The van der Waals surface area contributed by atoms with Gasteiger partial charge in [-0.1, -0.05) is 30.3 Å². The Morgan fingerprint density at radius 2 is 1.69 bits per heavy atom. The third kappa shape index (κ3) is 4.62. The predicted molar refractivity (Wildman–Crippen MR) is 132 cm³/mol. The summed E-state index contributed by atoms with van der Waals surface area (Å²) in [7, 11) is 3.28. The Labute approximate surface area is 200 Å². The van der Waals surface area contributed by atoms with E-state index in [1.807, 2.05) is 66.7 Å². The second-order valence-corrected chi connectivity index (χ2v) is 8.29. The number of nitrogens with zero attached hydrogens (tertiary/aromatic N) is 2. The SMILES string of the molecule is COc1cccc(OC)c1-c1ccc(-n2cncc2C(=O)NCc2cccc(I)c2)cc1. The summed E-state index contributed by atoms with van der Waals surface area (Å²) in [6, 6.07) is 21.6. The molecule has 7 heteroatoms. The van der Waals surface area contributed by atoms with Crippen LogP contribution in [0.15, 0.2) is 79.3 Å². The molecule has 1 heterocycles. The van der Waals surface area contributed by atoms with E-state index in [-0.39, 0.29) is 5.91 Å². The van der Waals surface area contributed by atoms with Crippen LogP contribution in [0.4, 0.5) is 0 Å². The number of aromatic nitrogens is 2. The van der Waals surface area contributed by atoms with Crippen LogP contribution in [0.25, 0.3) is 16.8 Å². The summed E-state index contributed by atoms with van der Waals surface area (Å²) in [4.78, 5) is 17.0. The van der Waals surface area contributed by atoms with E-state index in [1.165, 1.54) is 0 Å². The molecule has 0 fully saturated rings. The zero-order valence-corrected chi connectivity index (χ0v) is 19.9. The maximum atomic E-state index is 12.8. The molecule has 0 aliphatic heterocycles. The van der Waals surface area contributed by atoms with E-state index in [1.54, 1.807) is 31.3 Å². The minimum atomic E-state index is -0.183. The van der Waals surface area contributed by atoms with E-state index in [2.05, 4.69) is 32.9 Å². The van der Waals surface area contributed by atoms with E-state index in [0.717, 1.165) is 37.4 Å². The highest BCUT2D eigenvalue weighted by molar-refractivity contribution is 14.1. The minimum absolute atomic E-state index is 0.183. The number of carbonyl (C=O) groups is 1. The molecule has 0 saturated carbocycles. The third-order valence-electron chi connectivity index (χ3n) is 5.08. The smallest absolute Gasteiger partial charge is 0.270 e. The number of imidazole rings is 1. The molecule has 4 rings (SSSR count). The van der Waals surface area contributed by atoms with Gasteiger partial charge in [0.25, 0.3) is 5.91 Å². The molecule has 1 N–H and O–H groups in total. The zero-order valence-electron chi connectivity index (χ0n) is 17.7. The van der Waals surface area contributed by atoms with Crippen molar-refractivity contribution < 1.29 is 14.3 Å². The normalized spacial score (nSPS) is 10.6. The fraction of sp³-hybridized carbons (Fsp3) is 0.120. The highest BCUT2D eigenvalue weighted by atomic mass is 127. The van der Waals surface area contributed by atoms with Crippen LogP contribution in [0.5, 0.6) is 11.5 Å².